The van der Waals surface area contributed by atoms with Gasteiger partial charge in [0.1, 0.15) is 0 Å². The van der Waals surface area contributed by atoms with Crippen molar-refractivity contribution < 1.29 is 51.9 Å². The molecule has 2 unspecified atom stereocenters. The molecule has 0 N–H and O–H groups in total. The number of benzene rings is 7. The van der Waals surface area contributed by atoms with Crippen molar-refractivity contribution in [2.45, 2.75) is 161 Å². The van der Waals surface area contributed by atoms with Crippen molar-refractivity contribution in [3.05, 3.63) is 423 Å². The normalized spacial score (nSPS) is 18.6. The van der Waals surface area contributed by atoms with Crippen LogP contribution in [0.4, 0.5) is 0 Å². The number of hydrogen-bond donors (Lipinski definition) is 0. The maximum Gasteiger partial charge on any atom is 2.00 e. The first kappa shape index (κ1) is 92.3. The molecule has 2 fully saturated rings. The summed E-state index contributed by atoms with van der Waals surface area (Å²) < 4.78 is 21.0. The number of aryl methyl sites for hydroxylation is 6. The number of hydrogen-bond acceptors (Lipinski definition) is 4. The fourth-order valence-corrected chi connectivity index (χ4v) is 27.6. The van der Waals surface area contributed by atoms with E-state index in [4.69, 9.17) is 19.9 Å². The monoisotopic (exact) mass is 2030 g/mol. The molecule has 8 bridgehead atoms. The van der Waals surface area contributed by atoms with Gasteiger partial charge >= 0.3 is 56.2 Å². The van der Waals surface area contributed by atoms with E-state index in [9.17, 15) is 0 Å². The number of thioether (sulfide) groups is 2. The minimum atomic E-state index is -0.714. The molecular weight excluding hydrogens is 1930 g/mol. The Labute approximate surface area is 884 Å². The standard InChI is InChI=1S/C68H46N8S.C56H50N4S.C5H10.2CH2.Fe.Zn/c1-37-48-21-23-50-38(2)52-25-31-58-64(59-32-26-53-39(3)51-24-22-49(37)70(51)67(69(48)50,71(52)58)72(53)59)44-13-9-42(10-14-44)7-8-43-11-15-45(16-12-43)65-60-33-27-54-40(4)56-29-35-62-66(46-17-19-47(77-6)20-18-46)63-36-30-57-41(5)55-28-34-61(65)74(55)68(73(54)60,75(56)62)76(57)63;1-32-28-34(3)51(35(4)29-32)55-47-24-20-43(57-47)53(40-14-12-39(13-15-40)38-10-8-9-11-38)44-21-25-48(58-44)56(52-36(5)30-33(2)31-37(52)6)50-27-23-46(60-50)54(45-22-26-49(55)59-45)41-16-18-42(61-7)19-17-41;1-2-4-5-3-1;;;;/h9-36H,1-6H3;12-31,38H,8-11H2,1-7H3;1-5H2;2*1H2;;/q+4;-2;;;;;+2. The summed E-state index contributed by atoms with van der Waals surface area (Å²) in [6.45, 7) is 24.6. The Bertz CT molecular complexity index is 9330. The van der Waals surface area contributed by atoms with E-state index < -0.39 is 11.8 Å². The van der Waals surface area contributed by atoms with Gasteiger partial charge in [-0.15, -0.1) is 45.6 Å². The zero-order valence-corrected chi connectivity index (χ0v) is 91.0. The molecule has 2 aliphatic carbocycles. The Hall–Kier alpha value is -14.5. The van der Waals surface area contributed by atoms with E-state index in [0.29, 0.717) is 5.92 Å². The third kappa shape index (κ3) is 13.5. The Morgan fingerprint density at radius 2 is 0.639 bits per heavy atom. The van der Waals surface area contributed by atoms with Crippen LogP contribution in [0.25, 0.3) is 135 Å². The van der Waals surface area contributed by atoms with Crippen LogP contribution in [0, 0.1) is 53.4 Å². The summed E-state index contributed by atoms with van der Waals surface area (Å²) in [5, 5.41) is 4.98. The molecule has 12 nitrogen and oxygen atoms in total. The number of rotatable bonds is 10. The van der Waals surface area contributed by atoms with Gasteiger partial charge in [-0.25, -0.2) is 9.97 Å². The molecule has 2 atom stereocenters. The summed E-state index contributed by atoms with van der Waals surface area (Å²) in [4.78, 5) is 24.7. The van der Waals surface area contributed by atoms with E-state index in [1.54, 1.807) is 23.5 Å². The Morgan fingerprint density at radius 3 is 1.04 bits per heavy atom. The Morgan fingerprint density at radius 1 is 0.320 bits per heavy atom. The zero-order chi connectivity index (χ0) is 99.0. The average Bonchev–Trinajstić information content (AvgIpc) is 1.48. The van der Waals surface area contributed by atoms with Crippen molar-refractivity contribution in [1.29, 1.82) is 0 Å². The number of nitrogens with zero attached hydrogens (tertiary/aromatic N) is 12. The summed E-state index contributed by atoms with van der Waals surface area (Å²) >= 11 is 4.28. The van der Waals surface area contributed by atoms with Gasteiger partial charge in [-0.1, -0.05) is 208 Å². The second kappa shape index (κ2) is 35.1. The first-order valence-corrected chi connectivity index (χ1v) is 55.3. The van der Waals surface area contributed by atoms with Gasteiger partial charge < -0.3 is 9.97 Å². The van der Waals surface area contributed by atoms with Crippen LogP contribution in [0.3, 0.4) is 0 Å². The summed E-state index contributed by atoms with van der Waals surface area (Å²) in [5.41, 5.74) is 61.7. The van der Waals surface area contributed by atoms with Crippen molar-refractivity contribution in [2.24, 2.45) is 0 Å². The van der Waals surface area contributed by atoms with Crippen LogP contribution in [0.2, 0.25) is 0 Å². The molecule has 16 aliphatic rings. The van der Waals surface area contributed by atoms with Crippen molar-refractivity contribution in [3.63, 3.8) is 0 Å². The number of fused-ring (bicyclic) bond motifs is 8. The van der Waals surface area contributed by atoms with Gasteiger partial charge in [0.15, 0.2) is 0 Å². The van der Waals surface area contributed by atoms with Crippen LogP contribution >= 0.6 is 23.5 Å². The van der Waals surface area contributed by atoms with E-state index in [2.05, 4.69) is 439 Å². The molecule has 0 amide bonds. The molecule has 0 radical (unpaired) electrons. The van der Waals surface area contributed by atoms with Crippen LogP contribution in [0.1, 0.15) is 211 Å². The molecule has 0 saturated heterocycles. The third-order valence-corrected chi connectivity index (χ3v) is 34.5. The van der Waals surface area contributed by atoms with E-state index >= 15 is 0 Å². The van der Waals surface area contributed by atoms with Gasteiger partial charge in [-0.3, -0.25) is 0 Å². The molecule has 14 aliphatic heterocycles. The predicted octanol–water partition coefficient (Wildman–Crippen LogP) is 24.8. The molecular formula is C131H110FeN12S2Zn+4. The summed E-state index contributed by atoms with van der Waals surface area (Å²) in [6, 6.07) is 81.5. The molecule has 14 aromatic rings. The maximum absolute atomic E-state index is 5.57. The van der Waals surface area contributed by atoms with Gasteiger partial charge in [-0.05, 0) is 318 Å². The Kier molecular flexibility index (Phi) is 22.1. The average molecular weight is 2040 g/mol. The van der Waals surface area contributed by atoms with Gasteiger partial charge in [0.25, 0.3) is 0 Å². The van der Waals surface area contributed by atoms with Crippen LogP contribution in [-0.2, 0) is 45.4 Å². The number of aromatic nitrogens is 8. The third-order valence-electron chi connectivity index (χ3n) is 33.0. The van der Waals surface area contributed by atoms with Gasteiger partial charge in [0.2, 0.25) is 45.6 Å². The molecule has 21 heterocycles. The Balaban J connectivity index is 0.000000141. The summed E-state index contributed by atoms with van der Waals surface area (Å²) in [5.74, 6) is 6.38. The van der Waals surface area contributed by atoms with Gasteiger partial charge in [0, 0.05) is 97.4 Å². The SMILES string of the molecule is C1CCCC1.CSc1ccc(-c2c3nc(c(-c4c(C)cc(C)cc4C)c4ccc([n-]4)c(-c4ccc(C5CCCC5)cc4)c4nc(c(-c5c(C)cc(C)cc5C)c5ccc2[n-]5)C=C4)C=C3)cc1.CSc1ccc(C2=C3C=CC4=[N+]3C35n6c(ccc62)C(C)=C2C=CC(=[N+]23)C(c2ccc(C#Cc3ccc(C6=C7C=CC8=[N+]7C79n%10c(ccc%106)C(C)=C6C=CC(=[N+]67)C(C)=c6ccc(n69)=C8C)cc3)cc2)=c2ccc(n25)=C4C)cc1.[CH2]=[Fe]=[CH2].[Zn+2]. The number of allylic oxidation sites excluding steroid dienone is 10. The van der Waals surface area contributed by atoms with Crippen LogP contribution < -0.4 is 31.4 Å². The fraction of sp³-hybridized carbons (Fsp3) is 0.191. The van der Waals surface area contributed by atoms with Crippen LogP contribution in [-0.4, -0.2) is 92.7 Å². The molecule has 7 aromatic carbocycles. The predicted molar refractivity (Wildman–Crippen MR) is 602 cm³/mol. The molecule has 30 rings (SSSR count). The van der Waals surface area contributed by atoms with Gasteiger partial charge in [-0.2, -0.15) is 18.3 Å². The molecule has 7 aromatic heterocycles. The second-order valence-corrected chi connectivity index (χ2v) is 43.6. The largest absolute Gasteiger partial charge is 2.00 e. The maximum atomic E-state index is 5.57. The second-order valence-electron chi connectivity index (χ2n) is 41.3. The van der Waals surface area contributed by atoms with Crippen molar-refractivity contribution in [1.82, 2.24) is 38.2 Å². The van der Waals surface area contributed by atoms with Crippen molar-refractivity contribution >= 4 is 148 Å². The zero-order valence-electron chi connectivity index (χ0n) is 85.3. The quantitative estimate of drug-likeness (QED) is 0.0587. The summed E-state index contributed by atoms with van der Waals surface area (Å²) in [6.07, 6.45) is 44.3. The van der Waals surface area contributed by atoms with E-state index in [1.807, 2.05) is 0 Å². The van der Waals surface area contributed by atoms with E-state index in [1.165, 1.54) is 269 Å². The van der Waals surface area contributed by atoms with E-state index in [-0.39, 0.29) is 19.5 Å². The van der Waals surface area contributed by atoms with Gasteiger partial charge in [0.05, 0.1) is 83.7 Å². The first-order valence-electron chi connectivity index (χ1n) is 51.3. The van der Waals surface area contributed by atoms with Crippen LogP contribution in [0.5, 0.6) is 0 Å². The molecule has 2 spiro atoms. The first-order chi connectivity index (χ1) is 71.3. The van der Waals surface area contributed by atoms with Crippen LogP contribution in [0.15, 0.2) is 300 Å². The van der Waals surface area contributed by atoms with Crippen molar-refractivity contribution in [3.8, 4) is 56.3 Å². The van der Waals surface area contributed by atoms with E-state index in [0.717, 1.165) is 103 Å². The summed E-state index contributed by atoms with van der Waals surface area (Å²) in [7, 11) is 0. The molecule has 2 saturated carbocycles. The molecule has 147 heavy (non-hydrogen) atoms. The minimum absolute atomic E-state index is 0. The van der Waals surface area contributed by atoms with Crippen molar-refractivity contribution in [2.75, 3.05) is 12.5 Å². The topological polar surface area (TPSA) is 85.7 Å². The molecule has 712 valence electrons. The smallest absolute Gasteiger partial charge is 2.00 e. The minimum Gasteiger partial charge on any atom is 2.00 e. The molecule has 16 heteroatoms. The fourth-order valence-electron chi connectivity index (χ4n) is 26.8.